The molecule has 0 N–H and O–H groups in total. The van der Waals surface area contributed by atoms with Crippen LogP contribution in [0.5, 0.6) is 0 Å². The molecule has 0 radical (unpaired) electrons. The number of hydrogen-bond donors (Lipinski definition) is 0. The molecule has 0 fully saturated rings. The highest BCUT2D eigenvalue weighted by molar-refractivity contribution is 7.45. The SMILES string of the molecule is CCCCCCCCCCCCCCCCO[C@H](COC(=O)C(CCCCCCCCCCCCCC)CCCCCCCCCCCCCC)COP(=O)([O-])OCC[N+](C)(C)C. The van der Waals surface area contributed by atoms with Crippen LogP contribution in [-0.2, 0) is 27.9 Å². The van der Waals surface area contributed by atoms with E-state index in [1.807, 2.05) is 21.1 Å². The number of phosphoric acid groups is 1. The summed E-state index contributed by atoms with van der Waals surface area (Å²) in [4.78, 5) is 26.4. The number of likely N-dealkylation sites (N-methyl/N-ethyl adjacent to an activating group) is 1. The zero-order valence-electron chi connectivity index (χ0n) is 43.2. The Kier molecular flexibility index (Phi) is 46.2. The molecule has 0 rings (SSSR count). The minimum Gasteiger partial charge on any atom is -0.756 e. The van der Waals surface area contributed by atoms with Gasteiger partial charge in [-0.15, -0.1) is 0 Å². The summed E-state index contributed by atoms with van der Waals surface area (Å²) in [6.45, 7) is 7.65. The van der Waals surface area contributed by atoms with Crippen molar-refractivity contribution in [1.82, 2.24) is 0 Å². The van der Waals surface area contributed by atoms with Crippen LogP contribution in [0.15, 0.2) is 0 Å². The Bertz CT molecular complexity index is 964. The van der Waals surface area contributed by atoms with Gasteiger partial charge in [0.25, 0.3) is 7.82 Å². The Morgan fingerprint density at radius 2 is 0.762 bits per heavy atom. The molecule has 0 spiro atoms. The molecule has 9 heteroatoms. The molecule has 0 heterocycles. The second-order valence-electron chi connectivity index (χ2n) is 20.4. The van der Waals surface area contributed by atoms with Gasteiger partial charge < -0.3 is 27.9 Å². The summed E-state index contributed by atoms with van der Waals surface area (Å²) in [7, 11) is 1.43. The van der Waals surface area contributed by atoms with Gasteiger partial charge in [-0.2, -0.15) is 0 Å². The lowest BCUT2D eigenvalue weighted by molar-refractivity contribution is -0.870. The second kappa shape index (κ2) is 46.6. The average Bonchev–Trinajstić information content (AvgIpc) is 3.25. The van der Waals surface area contributed by atoms with E-state index in [4.69, 9.17) is 18.5 Å². The lowest BCUT2D eigenvalue weighted by atomic mass is 9.94. The van der Waals surface area contributed by atoms with Crippen LogP contribution in [-0.4, -0.2) is 70.7 Å². The first-order valence-electron chi connectivity index (χ1n) is 27.7. The fourth-order valence-corrected chi connectivity index (χ4v) is 9.19. The van der Waals surface area contributed by atoms with E-state index in [-0.39, 0.29) is 31.7 Å². The van der Waals surface area contributed by atoms with Gasteiger partial charge in [0.1, 0.15) is 25.9 Å². The zero-order valence-corrected chi connectivity index (χ0v) is 44.1. The van der Waals surface area contributed by atoms with Gasteiger partial charge in [-0.1, -0.05) is 258 Å². The minimum atomic E-state index is -4.53. The topological polar surface area (TPSA) is 94.1 Å². The molecule has 0 amide bonds. The van der Waals surface area contributed by atoms with E-state index in [2.05, 4.69) is 20.8 Å². The van der Waals surface area contributed by atoms with Gasteiger partial charge in [0.15, 0.2) is 0 Å². The predicted octanol–water partition coefficient (Wildman–Crippen LogP) is 16.4. The van der Waals surface area contributed by atoms with Crippen LogP contribution in [0.4, 0.5) is 0 Å². The highest BCUT2D eigenvalue weighted by atomic mass is 31.2. The molecule has 0 aliphatic heterocycles. The van der Waals surface area contributed by atoms with E-state index in [0.29, 0.717) is 17.6 Å². The number of carbonyl (C=O) groups is 1. The number of unbranched alkanes of at least 4 members (excludes halogenated alkanes) is 35. The van der Waals surface area contributed by atoms with Crippen molar-refractivity contribution in [3.05, 3.63) is 0 Å². The van der Waals surface area contributed by atoms with Crippen molar-refractivity contribution in [2.75, 3.05) is 54.1 Å². The summed E-state index contributed by atoms with van der Waals surface area (Å²) < 4.78 is 35.9. The highest BCUT2D eigenvalue weighted by Crippen LogP contribution is 2.38. The molecule has 0 bridgehead atoms. The highest BCUT2D eigenvalue weighted by Gasteiger charge is 2.23. The van der Waals surface area contributed by atoms with Gasteiger partial charge in [-0.3, -0.25) is 9.36 Å². The Morgan fingerprint density at radius 3 is 1.10 bits per heavy atom. The fourth-order valence-electron chi connectivity index (χ4n) is 8.47. The van der Waals surface area contributed by atoms with Gasteiger partial charge in [0.2, 0.25) is 0 Å². The normalized spacial score (nSPS) is 13.5. The summed E-state index contributed by atoms with van der Waals surface area (Å²) in [5, 5.41) is 0. The predicted molar refractivity (Wildman–Crippen MR) is 268 cm³/mol. The molecule has 63 heavy (non-hydrogen) atoms. The van der Waals surface area contributed by atoms with Crippen molar-refractivity contribution < 1.29 is 37.3 Å². The van der Waals surface area contributed by atoms with Crippen molar-refractivity contribution in [2.45, 2.75) is 284 Å². The van der Waals surface area contributed by atoms with Gasteiger partial charge in [0, 0.05) is 6.61 Å². The molecule has 0 aliphatic carbocycles. The largest absolute Gasteiger partial charge is 0.756 e. The van der Waals surface area contributed by atoms with Crippen molar-refractivity contribution in [3.63, 3.8) is 0 Å². The first-order valence-corrected chi connectivity index (χ1v) is 29.2. The number of rotatable bonds is 52. The molecule has 0 aromatic carbocycles. The molecule has 378 valence electrons. The first-order chi connectivity index (χ1) is 30.5. The average molecular weight is 916 g/mol. The molecule has 0 saturated heterocycles. The fraction of sp³-hybridized carbons (Fsp3) is 0.981. The number of quaternary nitrogens is 1. The summed E-state index contributed by atoms with van der Waals surface area (Å²) in [6.07, 6.45) is 50.1. The van der Waals surface area contributed by atoms with Crippen molar-refractivity contribution >= 4 is 13.8 Å². The Balaban J connectivity index is 5.00. The zero-order chi connectivity index (χ0) is 46.4. The van der Waals surface area contributed by atoms with Crippen molar-refractivity contribution in [2.24, 2.45) is 5.92 Å². The summed E-state index contributed by atoms with van der Waals surface area (Å²) in [5.74, 6) is -0.302. The van der Waals surface area contributed by atoms with Gasteiger partial charge in [0.05, 0.1) is 33.7 Å². The molecular formula is C54H110NO7P. The maximum absolute atomic E-state index is 13.7. The molecule has 1 unspecified atom stereocenters. The van der Waals surface area contributed by atoms with Crippen LogP contribution in [0.3, 0.4) is 0 Å². The Hall–Kier alpha value is -0.500. The first kappa shape index (κ1) is 62.5. The summed E-state index contributed by atoms with van der Waals surface area (Å²) in [6, 6.07) is 0. The van der Waals surface area contributed by atoms with Gasteiger partial charge in [-0.25, -0.2) is 0 Å². The van der Waals surface area contributed by atoms with Crippen LogP contribution in [0.25, 0.3) is 0 Å². The van der Waals surface area contributed by atoms with Crippen molar-refractivity contribution in [3.8, 4) is 0 Å². The lowest BCUT2D eigenvalue weighted by Gasteiger charge is -2.28. The number of phosphoric ester groups is 1. The van der Waals surface area contributed by atoms with E-state index in [0.717, 1.165) is 51.4 Å². The number of hydrogen-bond acceptors (Lipinski definition) is 7. The van der Waals surface area contributed by atoms with E-state index < -0.39 is 13.9 Å². The minimum absolute atomic E-state index is 0.0102. The molecule has 0 aromatic rings. The number of ether oxygens (including phenoxy) is 2. The van der Waals surface area contributed by atoms with Gasteiger partial charge in [-0.05, 0) is 19.3 Å². The van der Waals surface area contributed by atoms with Crippen LogP contribution >= 0.6 is 7.82 Å². The number of esters is 1. The number of carbonyl (C=O) groups excluding carboxylic acids is 1. The summed E-state index contributed by atoms with van der Waals surface area (Å²) >= 11 is 0. The standard InChI is InChI=1S/C54H110NO7P/c1-7-10-13-16-19-22-25-28-29-32-35-38-41-44-48-59-53(51-62-63(57,58)61-49-47-55(4,5)6)50-60-54(56)52(45-42-39-36-33-30-26-23-20-17-14-11-8-2)46-43-40-37-34-31-27-24-21-18-15-12-9-3/h52-53H,7-51H2,1-6H3/t53-/m1/s1. The van der Waals surface area contributed by atoms with E-state index in [9.17, 15) is 14.3 Å². The van der Waals surface area contributed by atoms with Crippen LogP contribution in [0, 0.1) is 5.92 Å². The maximum atomic E-state index is 13.7. The van der Waals surface area contributed by atoms with Crippen LogP contribution < -0.4 is 4.89 Å². The summed E-state index contributed by atoms with van der Waals surface area (Å²) in [5.41, 5.74) is 0. The Morgan fingerprint density at radius 1 is 0.444 bits per heavy atom. The molecular weight excluding hydrogens is 806 g/mol. The smallest absolute Gasteiger partial charge is 0.309 e. The monoisotopic (exact) mass is 916 g/mol. The van der Waals surface area contributed by atoms with Crippen molar-refractivity contribution in [1.29, 1.82) is 0 Å². The maximum Gasteiger partial charge on any atom is 0.309 e. The Labute approximate surface area is 393 Å². The second-order valence-corrected chi connectivity index (χ2v) is 21.8. The van der Waals surface area contributed by atoms with E-state index in [1.165, 1.54) is 205 Å². The molecule has 0 aromatic heterocycles. The molecule has 0 saturated carbocycles. The van der Waals surface area contributed by atoms with E-state index in [1.54, 1.807) is 0 Å². The molecule has 8 nitrogen and oxygen atoms in total. The molecule has 0 aliphatic rings. The van der Waals surface area contributed by atoms with E-state index >= 15 is 0 Å². The van der Waals surface area contributed by atoms with Crippen LogP contribution in [0.2, 0.25) is 0 Å². The third-order valence-electron chi connectivity index (χ3n) is 12.8. The quantitative estimate of drug-likeness (QED) is 0.0260. The lowest BCUT2D eigenvalue weighted by Crippen LogP contribution is -2.37. The van der Waals surface area contributed by atoms with Gasteiger partial charge >= 0.3 is 5.97 Å². The van der Waals surface area contributed by atoms with Crippen LogP contribution in [0.1, 0.15) is 278 Å². The third kappa shape index (κ3) is 47.8. The third-order valence-corrected chi connectivity index (χ3v) is 13.8. The number of nitrogens with zero attached hydrogens (tertiary/aromatic N) is 1. The molecule has 2 atom stereocenters.